The van der Waals surface area contributed by atoms with Gasteiger partial charge in [0, 0.05) is 13.1 Å². The maximum Gasteiger partial charge on any atom is 0.240 e. The van der Waals surface area contributed by atoms with Gasteiger partial charge in [-0.25, -0.2) is 18.1 Å². The highest BCUT2D eigenvalue weighted by Crippen LogP contribution is 2.19. The summed E-state index contributed by atoms with van der Waals surface area (Å²) in [5, 5.41) is 9.45. The fourth-order valence-electron chi connectivity index (χ4n) is 2.00. The molecule has 1 aromatic heterocycles. The number of nitrogens with one attached hydrogen (secondary N) is 3. The van der Waals surface area contributed by atoms with Crippen molar-refractivity contribution in [3.8, 4) is 0 Å². The molecule has 0 saturated heterocycles. The molecule has 1 aliphatic rings. The van der Waals surface area contributed by atoms with E-state index in [0.29, 0.717) is 12.4 Å². The van der Waals surface area contributed by atoms with Crippen molar-refractivity contribution in [2.45, 2.75) is 24.5 Å². The highest BCUT2D eigenvalue weighted by molar-refractivity contribution is 7.89. The van der Waals surface area contributed by atoms with Gasteiger partial charge in [0.25, 0.3) is 0 Å². The van der Waals surface area contributed by atoms with Crippen molar-refractivity contribution in [1.82, 2.24) is 25.2 Å². The molecule has 0 spiro atoms. The second-order valence-corrected chi connectivity index (χ2v) is 6.06. The zero-order valence-electron chi connectivity index (χ0n) is 10.0. The number of H-pyrrole nitrogens is 1. The van der Waals surface area contributed by atoms with E-state index in [2.05, 4.69) is 25.2 Å². The Morgan fingerprint density at radius 1 is 1.26 bits per heavy atom. The van der Waals surface area contributed by atoms with Crippen molar-refractivity contribution in [3.05, 3.63) is 41.5 Å². The lowest BCUT2D eigenvalue weighted by molar-refractivity contribution is 0.579. The Morgan fingerprint density at radius 3 is 2.89 bits per heavy atom. The van der Waals surface area contributed by atoms with Crippen LogP contribution in [0.4, 0.5) is 0 Å². The molecule has 2 heterocycles. The zero-order valence-corrected chi connectivity index (χ0v) is 10.9. The molecule has 100 valence electrons. The number of nitrogens with zero attached hydrogens (tertiary/aromatic N) is 2. The molecule has 1 aliphatic heterocycles. The summed E-state index contributed by atoms with van der Waals surface area (Å²) in [4.78, 5) is 4.14. The standard InChI is InChI=1S/C11H13N5O2S/c17-19(18,15-6-11-13-7-14-16-11)10-2-1-8-4-12-5-9(8)3-10/h1-3,7,12,15H,4-6H2,(H,13,14,16). The lowest BCUT2D eigenvalue weighted by atomic mass is 10.1. The third-order valence-corrected chi connectivity index (χ3v) is 4.41. The molecule has 7 nitrogen and oxygen atoms in total. The van der Waals surface area contributed by atoms with E-state index in [9.17, 15) is 8.42 Å². The van der Waals surface area contributed by atoms with Crippen molar-refractivity contribution in [2.24, 2.45) is 0 Å². The minimum Gasteiger partial charge on any atom is -0.309 e. The lowest BCUT2D eigenvalue weighted by Crippen LogP contribution is -2.24. The first kappa shape index (κ1) is 12.3. The van der Waals surface area contributed by atoms with E-state index in [0.717, 1.165) is 17.7 Å². The average molecular weight is 279 g/mol. The first-order valence-corrected chi connectivity index (χ1v) is 7.30. The van der Waals surface area contributed by atoms with E-state index in [4.69, 9.17) is 0 Å². The summed E-state index contributed by atoms with van der Waals surface area (Å²) in [6.07, 6.45) is 1.34. The predicted octanol–water partition coefficient (Wildman–Crippen LogP) is -0.114. The van der Waals surface area contributed by atoms with Gasteiger partial charge in [0.15, 0.2) is 0 Å². The molecular weight excluding hydrogens is 266 g/mol. The Morgan fingerprint density at radius 2 is 2.11 bits per heavy atom. The van der Waals surface area contributed by atoms with E-state index in [1.54, 1.807) is 12.1 Å². The Bertz CT molecular complexity index is 681. The van der Waals surface area contributed by atoms with Gasteiger partial charge in [0.2, 0.25) is 10.0 Å². The van der Waals surface area contributed by atoms with Crippen molar-refractivity contribution >= 4 is 10.0 Å². The molecule has 0 saturated carbocycles. The third-order valence-electron chi connectivity index (χ3n) is 3.01. The van der Waals surface area contributed by atoms with Crippen LogP contribution in [0.15, 0.2) is 29.4 Å². The van der Waals surface area contributed by atoms with E-state index in [1.807, 2.05) is 6.07 Å². The SMILES string of the molecule is O=S(=O)(NCc1ncn[nH]1)c1ccc2c(c1)CNC2. The zero-order chi connectivity index (χ0) is 13.3. The molecule has 8 heteroatoms. The van der Waals surface area contributed by atoms with Crippen LogP contribution in [0, 0.1) is 0 Å². The van der Waals surface area contributed by atoms with Gasteiger partial charge in [-0.3, -0.25) is 5.10 Å². The fourth-order valence-corrected chi connectivity index (χ4v) is 3.04. The number of aromatic nitrogens is 3. The van der Waals surface area contributed by atoms with Crippen LogP contribution in [0.25, 0.3) is 0 Å². The summed E-state index contributed by atoms with van der Waals surface area (Å²) in [7, 11) is -3.52. The average Bonchev–Trinajstić information content (AvgIpc) is 3.06. The van der Waals surface area contributed by atoms with E-state index in [-0.39, 0.29) is 11.4 Å². The molecule has 0 fully saturated rings. The van der Waals surface area contributed by atoms with Crippen molar-refractivity contribution in [2.75, 3.05) is 0 Å². The largest absolute Gasteiger partial charge is 0.309 e. The summed E-state index contributed by atoms with van der Waals surface area (Å²) in [5.41, 5.74) is 2.18. The van der Waals surface area contributed by atoms with Crippen LogP contribution < -0.4 is 10.0 Å². The van der Waals surface area contributed by atoms with Gasteiger partial charge in [0.1, 0.15) is 12.2 Å². The summed E-state index contributed by atoms with van der Waals surface area (Å²) in [6.45, 7) is 1.60. The summed E-state index contributed by atoms with van der Waals surface area (Å²) in [5.74, 6) is 0.478. The van der Waals surface area contributed by atoms with Gasteiger partial charge in [0.05, 0.1) is 11.4 Å². The lowest BCUT2D eigenvalue weighted by Gasteiger charge is -2.07. The monoisotopic (exact) mass is 279 g/mol. The fraction of sp³-hybridized carbons (Fsp3) is 0.273. The van der Waals surface area contributed by atoms with Crippen LogP contribution >= 0.6 is 0 Å². The minimum atomic E-state index is -3.52. The Balaban J connectivity index is 1.80. The van der Waals surface area contributed by atoms with Crippen LogP contribution in [0.5, 0.6) is 0 Å². The molecule has 0 amide bonds. The normalized spacial score (nSPS) is 14.5. The second kappa shape index (κ2) is 4.72. The van der Waals surface area contributed by atoms with Crippen LogP contribution in [-0.2, 0) is 29.7 Å². The van der Waals surface area contributed by atoms with E-state index in [1.165, 1.54) is 6.33 Å². The van der Waals surface area contributed by atoms with Gasteiger partial charge in [-0.2, -0.15) is 5.10 Å². The van der Waals surface area contributed by atoms with Gasteiger partial charge >= 0.3 is 0 Å². The molecular formula is C11H13N5O2S. The van der Waals surface area contributed by atoms with E-state index < -0.39 is 10.0 Å². The van der Waals surface area contributed by atoms with Gasteiger partial charge in [-0.05, 0) is 23.3 Å². The van der Waals surface area contributed by atoms with Crippen LogP contribution in [0.1, 0.15) is 17.0 Å². The second-order valence-electron chi connectivity index (χ2n) is 4.29. The van der Waals surface area contributed by atoms with Gasteiger partial charge < -0.3 is 5.32 Å². The van der Waals surface area contributed by atoms with Crippen LogP contribution in [0.2, 0.25) is 0 Å². The molecule has 2 aromatic rings. The first-order chi connectivity index (χ1) is 9.15. The number of aromatic amines is 1. The van der Waals surface area contributed by atoms with Gasteiger partial charge in [-0.15, -0.1) is 0 Å². The molecule has 19 heavy (non-hydrogen) atoms. The molecule has 3 N–H and O–H groups in total. The third kappa shape index (κ3) is 2.50. The molecule has 3 rings (SSSR count). The predicted molar refractivity (Wildman–Crippen MR) is 67.4 cm³/mol. The molecule has 0 aliphatic carbocycles. The number of fused-ring (bicyclic) bond motifs is 1. The maximum atomic E-state index is 12.1. The Hall–Kier alpha value is -1.77. The quantitative estimate of drug-likeness (QED) is 0.725. The van der Waals surface area contributed by atoms with Crippen molar-refractivity contribution in [3.63, 3.8) is 0 Å². The molecule has 0 unspecified atom stereocenters. The van der Waals surface area contributed by atoms with Crippen LogP contribution in [-0.4, -0.2) is 23.6 Å². The number of benzene rings is 1. The number of hydrogen-bond donors (Lipinski definition) is 3. The summed E-state index contributed by atoms with van der Waals surface area (Å²) in [6, 6.07) is 5.17. The Kier molecular flexibility index (Phi) is 3.05. The van der Waals surface area contributed by atoms with Crippen molar-refractivity contribution in [1.29, 1.82) is 0 Å². The highest BCUT2D eigenvalue weighted by atomic mass is 32.2. The minimum absolute atomic E-state index is 0.0949. The number of sulfonamides is 1. The number of hydrogen-bond acceptors (Lipinski definition) is 5. The van der Waals surface area contributed by atoms with Crippen LogP contribution in [0.3, 0.4) is 0 Å². The highest BCUT2D eigenvalue weighted by Gasteiger charge is 2.18. The summed E-state index contributed by atoms with van der Waals surface area (Å²) >= 11 is 0. The molecule has 0 radical (unpaired) electrons. The van der Waals surface area contributed by atoms with E-state index >= 15 is 0 Å². The smallest absolute Gasteiger partial charge is 0.240 e. The Labute approximate surface area is 110 Å². The topological polar surface area (TPSA) is 99.8 Å². The first-order valence-electron chi connectivity index (χ1n) is 5.81. The maximum absolute atomic E-state index is 12.1. The van der Waals surface area contributed by atoms with Gasteiger partial charge in [-0.1, -0.05) is 6.07 Å². The number of rotatable bonds is 4. The van der Waals surface area contributed by atoms with Crippen molar-refractivity contribution < 1.29 is 8.42 Å². The molecule has 1 aromatic carbocycles. The molecule has 0 atom stereocenters. The molecule has 0 bridgehead atoms. The summed E-state index contributed by atoms with van der Waals surface area (Å²) < 4.78 is 26.8.